The molecule has 0 spiro atoms. The van der Waals surface area contributed by atoms with Gasteiger partial charge >= 0.3 is 12.2 Å². The van der Waals surface area contributed by atoms with Crippen molar-refractivity contribution < 1.29 is 22.7 Å². The molecule has 0 bridgehead atoms. The molecule has 0 fully saturated rings. The maximum absolute atomic E-state index is 12.8. The minimum Gasteiger partial charge on any atom is -0.497 e. The molecule has 2 aromatic carbocycles. The van der Waals surface area contributed by atoms with E-state index >= 15 is 0 Å². The first-order chi connectivity index (χ1) is 10.8. The van der Waals surface area contributed by atoms with Gasteiger partial charge in [-0.3, -0.25) is 0 Å². The number of halogens is 4. The summed E-state index contributed by atoms with van der Waals surface area (Å²) in [5.74, 6) is 0.614. The Hall–Kier alpha value is -2.41. The van der Waals surface area contributed by atoms with Crippen LogP contribution in [0.4, 0.5) is 29.3 Å². The average molecular weight is 345 g/mol. The van der Waals surface area contributed by atoms with Crippen LogP contribution in [0.5, 0.6) is 5.75 Å². The third-order valence-electron chi connectivity index (χ3n) is 2.88. The van der Waals surface area contributed by atoms with Crippen LogP contribution in [0.3, 0.4) is 0 Å². The summed E-state index contributed by atoms with van der Waals surface area (Å²) in [5, 5.41) is 4.38. The van der Waals surface area contributed by atoms with Crippen LogP contribution >= 0.6 is 11.6 Å². The van der Waals surface area contributed by atoms with E-state index in [1.165, 1.54) is 13.2 Å². The third kappa shape index (κ3) is 4.53. The number of alkyl halides is 3. The smallest absolute Gasteiger partial charge is 0.417 e. The topological polar surface area (TPSA) is 50.4 Å². The van der Waals surface area contributed by atoms with Crippen molar-refractivity contribution in [2.45, 2.75) is 6.18 Å². The highest BCUT2D eigenvalue weighted by Gasteiger charge is 2.33. The molecule has 0 radical (unpaired) electrons. The largest absolute Gasteiger partial charge is 0.497 e. The number of anilines is 2. The van der Waals surface area contributed by atoms with Gasteiger partial charge in [0.05, 0.1) is 17.7 Å². The molecule has 2 rings (SSSR count). The molecule has 0 heterocycles. The summed E-state index contributed by atoms with van der Waals surface area (Å²) in [7, 11) is 1.51. The van der Waals surface area contributed by atoms with Gasteiger partial charge in [0.15, 0.2) is 0 Å². The normalized spacial score (nSPS) is 11.0. The predicted octanol–water partition coefficient (Wildman–Crippen LogP) is 5.01. The molecule has 0 saturated heterocycles. The molecule has 23 heavy (non-hydrogen) atoms. The molecule has 0 unspecified atom stereocenters. The van der Waals surface area contributed by atoms with E-state index in [4.69, 9.17) is 16.3 Å². The second-order valence-corrected chi connectivity index (χ2v) is 4.91. The Morgan fingerprint density at radius 1 is 1.04 bits per heavy atom. The predicted molar refractivity (Wildman–Crippen MR) is 82.1 cm³/mol. The Labute approximate surface area is 135 Å². The lowest BCUT2D eigenvalue weighted by Crippen LogP contribution is -2.19. The number of ether oxygens (including phenoxy) is 1. The van der Waals surface area contributed by atoms with Crippen LogP contribution in [0.1, 0.15) is 5.56 Å². The molecule has 0 saturated carbocycles. The minimum absolute atomic E-state index is 0.0206. The highest BCUT2D eigenvalue weighted by molar-refractivity contribution is 6.31. The van der Waals surface area contributed by atoms with Crippen molar-refractivity contribution >= 4 is 29.0 Å². The molecule has 4 nitrogen and oxygen atoms in total. The monoisotopic (exact) mass is 344 g/mol. The van der Waals surface area contributed by atoms with Crippen molar-refractivity contribution in [1.82, 2.24) is 0 Å². The molecular formula is C15H12ClF3N2O2. The molecule has 0 aliphatic carbocycles. The summed E-state index contributed by atoms with van der Waals surface area (Å²) in [6, 6.07) is 8.93. The molecule has 8 heteroatoms. The van der Waals surface area contributed by atoms with Crippen molar-refractivity contribution in [3.8, 4) is 5.75 Å². The van der Waals surface area contributed by atoms with Crippen LogP contribution < -0.4 is 15.4 Å². The van der Waals surface area contributed by atoms with Gasteiger partial charge in [0.25, 0.3) is 0 Å². The summed E-state index contributed by atoms with van der Waals surface area (Å²) in [6.45, 7) is 0. The molecule has 2 N–H and O–H groups in total. The molecule has 0 aromatic heterocycles. The van der Waals surface area contributed by atoms with Crippen molar-refractivity contribution in [3.05, 3.63) is 53.1 Å². The third-order valence-corrected chi connectivity index (χ3v) is 3.21. The molecule has 0 aliphatic heterocycles. The zero-order valence-corrected chi connectivity index (χ0v) is 12.6. The van der Waals surface area contributed by atoms with E-state index in [9.17, 15) is 18.0 Å². The highest BCUT2D eigenvalue weighted by atomic mass is 35.5. The summed E-state index contributed by atoms with van der Waals surface area (Å²) in [6.07, 6.45) is -4.60. The van der Waals surface area contributed by atoms with Gasteiger partial charge in [0, 0.05) is 11.4 Å². The fraction of sp³-hybridized carbons (Fsp3) is 0.133. The van der Waals surface area contributed by atoms with E-state index < -0.39 is 22.8 Å². The van der Waals surface area contributed by atoms with Gasteiger partial charge in [-0.25, -0.2) is 4.79 Å². The fourth-order valence-corrected chi connectivity index (χ4v) is 2.01. The Balaban J connectivity index is 2.08. The Morgan fingerprint density at radius 2 is 1.61 bits per heavy atom. The van der Waals surface area contributed by atoms with Crippen LogP contribution in [-0.4, -0.2) is 13.1 Å². The van der Waals surface area contributed by atoms with E-state index in [1.54, 1.807) is 24.3 Å². The molecule has 122 valence electrons. The number of nitrogens with one attached hydrogen (secondary N) is 2. The van der Waals surface area contributed by atoms with Crippen molar-refractivity contribution in [2.75, 3.05) is 17.7 Å². The number of methoxy groups -OCH3 is 1. The van der Waals surface area contributed by atoms with Crippen molar-refractivity contribution in [2.24, 2.45) is 0 Å². The fourth-order valence-electron chi connectivity index (χ4n) is 1.79. The second kappa shape index (κ2) is 6.78. The SMILES string of the molecule is COc1ccc(NC(=O)Nc2ccc(Cl)c(C(F)(F)F)c2)cc1. The summed E-state index contributed by atoms with van der Waals surface area (Å²) < 4.78 is 43.3. The van der Waals surface area contributed by atoms with E-state index in [0.29, 0.717) is 11.4 Å². The number of benzene rings is 2. The van der Waals surface area contributed by atoms with Gasteiger partial charge in [0.1, 0.15) is 5.75 Å². The van der Waals surface area contributed by atoms with Crippen molar-refractivity contribution in [3.63, 3.8) is 0 Å². The number of amides is 2. The minimum atomic E-state index is -4.60. The van der Waals surface area contributed by atoms with Crippen LogP contribution in [0, 0.1) is 0 Å². The molecule has 2 aromatic rings. The van der Waals surface area contributed by atoms with Gasteiger partial charge in [-0.2, -0.15) is 13.2 Å². The first kappa shape index (κ1) is 17.0. The number of urea groups is 1. The van der Waals surface area contributed by atoms with Gasteiger partial charge in [-0.15, -0.1) is 0 Å². The number of rotatable bonds is 3. The van der Waals surface area contributed by atoms with Crippen molar-refractivity contribution in [1.29, 1.82) is 0 Å². The second-order valence-electron chi connectivity index (χ2n) is 4.50. The van der Waals surface area contributed by atoms with Gasteiger partial charge in [0.2, 0.25) is 0 Å². The lowest BCUT2D eigenvalue weighted by atomic mass is 10.2. The van der Waals surface area contributed by atoms with Crippen LogP contribution in [0.25, 0.3) is 0 Å². The van der Waals surface area contributed by atoms with E-state index in [0.717, 1.165) is 12.1 Å². The molecule has 0 aliphatic rings. The Bertz CT molecular complexity index is 703. The Morgan fingerprint density at radius 3 is 2.17 bits per heavy atom. The summed E-state index contributed by atoms with van der Waals surface area (Å²) in [4.78, 5) is 11.8. The first-order valence-corrected chi connectivity index (χ1v) is 6.76. The van der Waals surface area contributed by atoms with E-state index in [2.05, 4.69) is 10.6 Å². The maximum atomic E-state index is 12.8. The number of hydrogen-bond donors (Lipinski definition) is 2. The standard InChI is InChI=1S/C15H12ClF3N2O2/c1-23-11-5-2-9(3-6-11)20-14(22)21-10-4-7-13(16)12(8-10)15(17,18)19/h2-8H,1H3,(H2,20,21,22). The van der Waals surface area contributed by atoms with E-state index in [-0.39, 0.29) is 5.69 Å². The lowest BCUT2D eigenvalue weighted by Gasteiger charge is -2.12. The Kier molecular flexibility index (Phi) is 5.00. The number of carbonyl (C=O) groups excluding carboxylic acids is 1. The van der Waals surface area contributed by atoms with Gasteiger partial charge in [-0.05, 0) is 42.5 Å². The zero-order valence-electron chi connectivity index (χ0n) is 11.9. The first-order valence-electron chi connectivity index (χ1n) is 6.38. The quantitative estimate of drug-likeness (QED) is 0.822. The average Bonchev–Trinajstić information content (AvgIpc) is 2.49. The molecule has 2 amide bonds. The lowest BCUT2D eigenvalue weighted by molar-refractivity contribution is -0.137. The van der Waals surface area contributed by atoms with Crippen LogP contribution in [0.15, 0.2) is 42.5 Å². The molecular weight excluding hydrogens is 333 g/mol. The van der Waals surface area contributed by atoms with Gasteiger partial charge in [-0.1, -0.05) is 11.6 Å². The van der Waals surface area contributed by atoms with Gasteiger partial charge < -0.3 is 15.4 Å². The molecule has 0 atom stereocenters. The van der Waals surface area contributed by atoms with Crippen LogP contribution in [-0.2, 0) is 6.18 Å². The number of hydrogen-bond acceptors (Lipinski definition) is 2. The van der Waals surface area contributed by atoms with E-state index in [1.807, 2.05) is 0 Å². The summed E-state index contributed by atoms with van der Waals surface area (Å²) >= 11 is 5.52. The zero-order chi connectivity index (χ0) is 17.0. The number of carbonyl (C=O) groups is 1. The maximum Gasteiger partial charge on any atom is 0.417 e. The highest BCUT2D eigenvalue weighted by Crippen LogP contribution is 2.36. The van der Waals surface area contributed by atoms with Crippen LogP contribution in [0.2, 0.25) is 5.02 Å². The summed E-state index contributed by atoms with van der Waals surface area (Å²) in [5.41, 5.74) is -0.567.